The molecule has 0 radical (unpaired) electrons. The van der Waals surface area contributed by atoms with Gasteiger partial charge in [0.15, 0.2) is 11.6 Å². The number of nitrogens with one attached hydrogen (secondary N) is 2. The molecule has 2 atom stereocenters. The second kappa shape index (κ2) is 18.0. The summed E-state index contributed by atoms with van der Waals surface area (Å²) < 4.78 is 0. The van der Waals surface area contributed by atoms with Crippen LogP contribution in [-0.4, -0.2) is 106 Å². The molecule has 0 saturated carbocycles. The number of carboxylic acids is 1. The highest BCUT2D eigenvalue weighted by molar-refractivity contribution is 6.29. The van der Waals surface area contributed by atoms with Crippen LogP contribution in [0.1, 0.15) is 103 Å². The zero-order chi connectivity index (χ0) is 34.6. The van der Waals surface area contributed by atoms with E-state index < -0.39 is 5.97 Å². The number of nitrogens with zero attached hydrogens (tertiary/aromatic N) is 2. The van der Waals surface area contributed by atoms with Gasteiger partial charge in [0, 0.05) is 91.8 Å². The monoisotopic (exact) mass is 664 g/mol. The number of hydrogen-bond donors (Lipinski definition) is 5. The van der Waals surface area contributed by atoms with Crippen molar-refractivity contribution >= 4 is 40.7 Å². The molecular weight excluding hydrogens is 616 g/mol. The number of aliphatic hydroxyl groups excluding tert-OH is 2. The molecule has 2 unspecified atom stereocenters. The van der Waals surface area contributed by atoms with Crippen LogP contribution in [0.5, 0.6) is 0 Å². The molecule has 0 bridgehead atoms. The van der Waals surface area contributed by atoms with Crippen LogP contribution in [0.25, 0.3) is 0 Å². The number of hydrogen-bond acceptors (Lipinski definition) is 9. The maximum Gasteiger partial charge on any atom is 0.300 e. The van der Waals surface area contributed by atoms with Gasteiger partial charge >= 0.3 is 0 Å². The molecule has 2 heterocycles. The van der Waals surface area contributed by atoms with E-state index in [1.165, 1.54) is 0 Å². The first-order valence-corrected chi connectivity index (χ1v) is 17.0. The fourth-order valence-electron chi connectivity index (χ4n) is 6.90. The van der Waals surface area contributed by atoms with E-state index in [1.54, 1.807) is 36.4 Å². The first-order chi connectivity index (χ1) is 23.1. The molecule has 0 aromatic heterocycles. The topological polar surface area (TPSA) is 177 Å². The Kier molecular flexibility index (Phi) is 13.8. The summed E-state index contributed by atoms with van der Waals surface area (Å²) in [4.78, 5) is 65.9. The predicted molar refractivity (Wildman–Crippen MR) is 181 cm³/mol. The van der Waals surface area contributed by atoms with E-state index in [2.05, 4.69) is 20.4 Å². The number of piperidine rings is 2. The van der Waals surface area contributed by atoms with Crippen LogP contribution in [0.15, 0.2) is 36.4 Å². The van der Waals surface area contributed by atoms with Gasteiger partial charge in [-0.05, 0) is 88.0 Å². The van der Waals surface area contributed by atoms with Gasteiger partial charge in [0.25, 0.3) is 5.97 Å². The van der Waals surface area contributed by atoms with Crippen LogP contribution < -0.4 is 10.6 Å². The van der Waals surface area contributed by atoms with Gasteiger partial charge < -0.3 is 26.0 Å². The van der Waals surface area contributed by atoms with E-state index >= 15 is 0 Å². The number of likely N-dealkylation sites (tertiary alicyclic amines) is 2. The van der Waals surface area contributed by atoms with Crippen LogP contribution in [0.3, 0.4) is 0 Å². The van der Waals surface area contributed by atoms with Crippen molar-refractivity contribution in [2.24, 2.45) is 0 Å². The fourth-order valence-corrected chi connectivity index (χ4v) is 6.90. The van der Waals surface area contributed by atoms with Gasteiger partial charge in [-0.2, -0.15) is 0 Å². The van der Waals surface area contributed by atoms with E-state index in [4.69, 9.17) is 9.90 Å². The highest BCUT2D eigenvalue weighted by atomic mass is 16.4. The van der Waals surface area contributed by atoms with Gasteiger partial charge in [-0.15, -0.1) is 0 Å². The van der Waals surface area contributed by atoms with Gasteiger partial charge in [-0.1, -0.05) is 12.8 Å². The van der Waals surface area contributed by atoms with Crippen LogP contribution in [0, 0.1) is 0 Å². The minimum absolute atomic E-state index is 0.139. The Morgan fingerprint density at radius 1 is 0.688 bits per heavy atom. The van der Waals surface area contributed by atoms with Crippen molar-refractivity contribution in [3.63, 3.8) is 0 Å². The van der Waals surface area contributed by atoms with Crippen molar-refractivity contribution < 1.29 is 39.3 Å². The van der Waals surface area contributed by atoms with Gasteiger partial charge in [0.1, 0.15) is 0 Å². The summed E-state index contributed by atoms with van der Waals surface area (Å²) in [6.45, 7) is 4.41. The normalized spacial score (nSPS) is 19.4. The molecule has 12 heteroatoms. The Morgan fingerprint density at radius 2 is 1.08 bits per heavy atom. The largest absolute Gasteiger partial charge is 0.481 e. The number of carbonyl (C=O) groups is 5. The number of anilines is 2. The lowest BCUT2D eigenvalue weighted by molar-refractivity contribution is -0.134. The molecule has 5 rings (SSSR count). The summed E-state index contributed by atoms with van der Waals surface area (Å²) in [5, 5.41) is 31.9. The highest BCUT2D eigenvalue weighted by Gasteiger charge is 2.31. The molecule has 2 aromatic carbocycles. The number of aliphatic hydroxyl groups is 2. The van der Waals surface area contributed by atoms with Crippen LogP contribution in [0.4, 0.5) is 11.4 Å². The summed E-state index contributed by atoms with van der Waals surface area (Å²) in [6.07, 6.45) is 8.53. The smallest absolute Gasteiger partial charge is 0.300 e. The quantitative estimate of drug-likeness (QED) is 0.192. The molecule has 2 aliphatic heterocycles. The fraction of sp³-hybridized carbons (Fsp3) is 0.528. The highest BCUT2D eigenvalue weighted by Crippen LogP contribution is 2.31. The molecule has 1 aliphatic carbocycles. The van der Waals surface area contributed by atoms with Gasteiger partial charge in [-0.3, -0.25) is 33.8 Å². The first kappa shape index (κ1) is 36.9. The lowest BCUT2D eigenvalue weighted by atomic mass is 9.83. The van der Waals surface area contributed by atoms with Crippen molar-refractivity contribution in [2.75, 3.05) is 50.0 Å². The van der Waals surface area contributed by atoms with Crippen LogP contribution >= 0.6 is 0 Å². The third kappa shape index (κ3) is 10.0. The molecule has 2 saturated heterocycles. The molecule has 3 aliphatic rings. The summed E-state index contributed by atoms with van der Waals surface area (Å²) in [5.41, 5.74) is 1.95. The summed E-state index contributed by atoms with van der Waals surface area (Å²) in [6, 6.07) is 10.1. The number of ketones is 2. The van der Waals surface area contributed by atoms with Crippen molar-refractivity contribution in [3.05, 3.63) is 58.7 Å². The van der Waals surface area contributed by atoms with E-state index in [-0.39, 0.29) is 58.8 Å². The summed E-state index contributed by atoms with van der Waals surface area (Å²) >= 11 is 0. The van der Waals surface area contributed by atoms with Gasteiger partial charge in [0.05, 0.1) is 0 Å². The third-order valence-electron chi connectivity index (χ3n) is 9.26. The van der Waals surface area contributed by atoms with Crippen LogP contribution in [-0.2, 0) is 14.4 Å². The lowest BCUT2D eigenvalue weighted by Crippen LogP contribution is -2.41. The summed E-state index contributed by atoms with van der Waals surface area (Å²) in [7, 11) is 0. The van der Waals surface area contributed by atoms with Crippen molar-refractivity contribution in [2.45, 2.75) is 83.2 Å². The molecule has 48 heavy (non-hydrogen) atoms. The second-order valence-electron chi connectivity index (χ2n) is 12.7. The molecule has 260 valence electrons. The first-order valence-electron chi connectivity index (χ1n) is 17.0. The Morgan fingerprint density at radius 3 is 1.46 bits per heavy atom. The Bertz CT molecular complexity index is 1370. The number of benzene rings is 2. The predicted octanol–water partition coefficient (Wildman–Crippen LogP) is 3.68. The zero-order valence-corrected chi connectivity index (χ0v) is 27.7. The zero-order valence-electron chi connectivity index (χ0n) is 27.7. The molecule has 5 N–H and O–H groups in total. The minimum atomic E-state index is -0.833. The molecule has 0 spiro atoms. The number of aliphatic carboxylic acids is 1. The Labute approximate surface area is 281 Å². The Balaban J connectivity index is 0.00000123. The molecule has 2 fully saturated rings. The molecular formula is C36H48N4O8. The molecule has 2 aromatic rings. The minimum Gasteiger partial charge on any atom is -0.481 e. The molecule has 2 amide bonds. The third-order valence-corrected chi connectivity index (χ3v) is 9.26. The number of fused-ring (bicyclic) bond motifs is 2. The average Bonchev–Trinajstić information content (AvgIpc) is 3.06. The number of rotatable bonds is 12. The van der Waals surface area contributed by atoms with Gasteiger partial charge in [-0.25, -0.2) is 0 Å². The van der Waals surface area contributed by atoms with Crippen molar-refractivity contribution in [1.82, 2.24) is 9.80 Å². The number of carbonyl (C=O) groups excluding carboxylic acids is 4. The Hall–Kier alpha value is -3.97. The van der Waals surface area contributed by atoms with Gasteiger partial charge in [0.2, 0.25) is 11.8 Å². The number of amides is 2. The summed E-state index contributed by atoms with van der Waals surface area (Å²) in [5.74, 6) is -1.77. The van der Waals surface area contributed by atoms with E-state index in [9.17, 15) is 29.4 Å². The number of carboxylic acid groups (broad SMARTS) is 1. The maximum absolute atomic E-state index is 13.4. The SMILES string of the molecule is CC(=O)O.O=C(CCN1CCCCC1CCO)Nc1ccc2c(c1)C(=O)c1ccc(NC(=O)CCN3CCCCC3CCO)cc1C2=O. The maximum atomic E-state index is 13.4. The standard InChI is InChI=1S/C34H44N4O6.C2H4O2/c39-19-13-25-5-1-3-15-37(25)17-11-31(41)35-23-7-9-27-29(21-23)33(43)28-10-8-24(22-30(28)34(27)44)36-32(42)12-18-38-16-4-2-6-26(38)14-20-40;1-2(3)4/h7-10,21-22,25-26,39-40H,1-6,11-20H2,(H,35,41)(H,36,42);1H3,(H,3,4). The van der Waals surface area contributed by atoms with E-state index in [0.717, 1.165) is 58.5 Å². The van der Waals surface area contributed by atoms with E-state index in [0.29, 0.717) is 62.2 Å². The van der Waals surface area contributed by atoms with Crippen LogP contribution in [0.2, 0.25) is 0 Å². The van der Waals surface area contributed by atoms with Crippen molar-refractivity contribution in [1.29, 1.82) is 0 Å². The second-order valence-corrected chi connectivity index (χ2v) is 12.7. The van der Waals surface area contributed by atoms with E-state index in [1.807, 2.05) is 0 Å². The molecule has 12 nitrogen and oxygen atoms in total. The van der Waals surface area contributed by atoms with Crippen molar-refractivity contribution in [3.8, 4) is 0 Å². The lowest BCUT2D eigenvalue weighted by Gasteiger charge is -2.35. The average molecular weight is 665 g/mol.